The molecule has 0 aliphatic carbocycles. The molecule has 1 aliphatic rings. The van der Waals surface area contributed by atoms with E-state index in [4.69, 9.17) is 17.0 Å². The molecule has 2 amide bonds. The van der Waals surface area contributed by atoms with E-state index < -0.39 is 0 Å². The monoisotopic (exact) mass is 522 g/mol. The molecule has 186 valence electrons. The molecular weight excluding hydrogens is 496 g/mol. The van der Waals surface area contributed by atoms with Crippen molar-refractivity contribution in [1.82, 2.24) is 14.3 Å². The molecule has 1 aliphatic heterocycles. The van der Waals surface area contributed by atoms with Gasteiger partial charge in [-0.15, -0.1) is 0 Å². The van der Waals surface area contributed by atoms with Crippen LogP contribution in [0.2, 0.25) is 0 Å². The van der Waals surface area contributed by atoms with E-state index in [9.17, 15) is 14.4 Å². The lowest BCUT2D eigenvalue weighted by molar-refractivity contribution is -0.122. The van der Waals surface area contributed by atoms with Crippen LogP contribution in [0.15, 0.2) is 64.3 Å². The Bertz CT molecular complexity index is 1390. The summed E-state index contributed by atoms with van der Waals surface area (Å²) in [7, 11) is 3.37. The van der Waals surface area contributed by atoms with Gasteiger partial charge in [-0.1, -0.05) is 54.3 Å². The third kappa shape index (κ3) is 5.29. The first-order valence-corrected chi connectivity index (χ1v) is 12.6. The predicted octanol–water partition coefficient (Wildman–Crippen LogP) is 4.11. The minimum absolute atomic E-state index is 0.147. The predicted molar refractivity (Wildman–Crippen MR) is 146 cm³/mol. The Labute approximate surface area is 218 Å². The first-order valence-electron chi connectivity index (χ1n) is 11.3. The van der Waals surface area contributed by atoms with Crippen LogP contribution < -0.4 is 15.6 Å². The Hall–Kier alpha value is -3.63. The number of aromatic nitrogens is 2. The summed E-state index contributed by atoms with van der Waals surface area (Å²) in [4.78, 5) is 40.5. The van der Waals surface area contributed by atoms with Gasteiger partial charge in [0.1, 0.15) is 15.8 Å². The number of carbonyl (C=O) groups is 2. The SMILES string of the molecule is COc1ccc(/C=C2\SC(=S)N(CCCC(=O)Nc3c(C)n(C)n(-c4ccccc4)c3=O)C2=O)cc1. The van der Waals surface area contributed by atoms with Crippen LogP contribution in [0.4, 0.5) is 5.69 Å². The maximum absolute atomic E-state index is 13.0. The lowest BCUT2D eigenvalue weighted by Crippen LogP contribution is -2.30. The number of thiocarbonyl (C=S) groups is 1. The summed E-state index contributed by atoms with van der Waals surface area (Å²) in [6.45, 7) is 2.10. The quantitative estimate of drug-likeness (QED) is 0.354. The van der Waals surface area contributed by atoms with Gasteiger partial charge in [-0.25, -0.2) is 4.68 Å². The van der Waals surface area contributed by atoms with E-state index in [1.165, 1.54) is 21.3 Å². The first kappa shape index (κ1) is 25.5. The number of para-hydroxylation sites is 1. The zero-order valence-electron chi connectivity index (χ0n) is 20.2. The average Bonchev–Trinajstić information content (AvgIpc) is 3.26. The van der Waals surface area contributed by atoms with Crippen molar-refractivity contribution in [3.05, 3.63) is 81.1 Å². The second-order valence-corrected chi connectivity index (χ2v) is 9.87. The summed E-state index contributed by atoms with van der Waals surface area (Å²) in [6, 6.07) is 16.6. The molecule has 10 heteroatoms. The van der Waals surface area contributed by atoms with E-state index >= 15 is 0 Å². The third-order valence-corrected chi connectivity index (χ3v) is 7.27. The van der Waals surface area contributed by atoms with Gasteiger partial charge in [-0.2, -0.15) is 0 Å². The molecule has 1 saturated heterocycles. The van der Waals surface area contributed by atoms with Crippen LogP contribution in [0.3, 0.4) is 0 Å². The molecule has 0 unspecified atom stereocenters. The lowest BCUT2D eigenvalue weighted by atomic mass is 10.2. The van der Waals surface area contributed by atoms with Gasteiger partial charge in [-0.3, -0.25) is 24.0 Å². The second-order valence-electron chi connectivity index (χ2n) is 8.19. The van der Waals surface area contributed by atoms with E-state index in [0.717, 1.165) is 11.3 Å². The molecule has 3 aromatic rings. The van der Waals surface area contributed by atoms with Crippen LogP contribution in [0, 0.1) is 6.92 Å². The number of hydrogen-bond acceptors (Lipinski definition) is 6. The van der Waals surface area contributed by atoms with Gasteiger partial charge in [0.25, 0.3) is 11.5 Å². The number of hydrogen-bond donors (Lipinski definition) is 1. The summed E-state index contributed by atoms with van der Waals surface area (Å²) in [5.74, 6) is 0.272. The molecule has 0 saturated carbocycles. The van der Waals surface area contributed by atoms with E-state index in [1.54, 1.807) is 31.8 Å². The smallest absolute Gasteiger partial charge is 0.295 e. The number of benzene rings is 2. The number of amides is 2. The standard InChI is InChI=1S/C26H26N4O4S2/c1-17-23(25(33)30(28(17)2)19-8-5-4-6-9-19)27-22(31)10-7-15-29-24(32)21(36-26(29)35)16-18-11-13-20(34-3)14-12-18/h4-6,8-9,11-14,16H,7,10,15H2,1-3H3,(H,27,31)/b21-16-. The fourth-order valence-electron chi connectivity index (χ4n) is 3.86. The van der Waals surface area contributed by atoms with Crippen molar-refractivity contribution in [2.45, 2.75) is 19.8 Å². The molecule has 0 spiro atoms. The van der Waals surface area contributed by atoms with E-state index in [2.05, 4.69) is 5.32 Å². The summed E-state index contributed by atoms with van der Waals surface area (Å²) in [5.41, 5.74) is 2.19. The minimum Gasteiger partial charge on any atom is -0.497 e. The Morgan fingerprint density at radius 2 is 1.81 bits per heavy atom. The highest BCUT2D eigenvalue weighted by atomic mass is 32.2. The zero-order valence-corrected chi connectivity index (χ0v) is 21.8. The van der Waals surface area contributed by atoms with Crippen LogP contribution in [-0.2, 0) is 16.6 Å². The first-order chi connectivity index (χ1) is 17.3. The van der Waals surface area contributed by atoms with Crippen LogP contribution in [0.5, 0.6) is 5.75 Å². The topological polar surface area (TPSA) is 85.6 Å². The van der Waals surface area contributed by atoms with E-state index in [-0.39, 0.29) is 29.5 Å². The highest BCUT2D eigenvalue weighted by molar-refractivity contribution is 8.26. The van der Waals surface area contributed by atoms with Crippen LogP contribution in [0.1, 0.15) is 24.1 Å². The van der Waals surface area contributed by atoms with E-state index in [1.807, 2.05) is 54.6 Å². The van der Waals surface area contributed by atoms with Gasteiger partial charge in [0.05, 0.1) is 23.4 Å². The van der Waals surface area contributed by atoms with Crippen molar-refractivity contribution < 1.29 is 14.3 Å². The molecule has 4 rings (SSSR count). The molecule has 8 nitrogen and oxygen atoms in total. The van der Waals surface area contributed by atoms with Gasteiger partial charge in [0.2, 0.25) is 5.91 Å². The van der Waals surface area contributed by atoms with Crippen molar-refractivity contribution in [3.8, 4) is 11.4 Å². The van der Waals surface area contributed by atoms with Crippen molar-refractivity contribution in [2.75, 3.05) is 19.0 Å². The largest absolute Gasteiger partial charge is 0.497 e. The molecule has 36 heavy (non-hydrogen) atoms. The van der Waals surface area contributed by atoms with Gasteiger partial charge in [0.15, 0.2) is 0 Å². The van der Waals surface area contributed by atoms with Gasteiger partial charge >= 0.3 is 0 Å². The van der Waals surface area contributed by atoms with Crippen LogP contribution in [0.25, 0.3) is 11.8 Å². The number of ether oxygens (including phenoxy) is 1. The number of nitrogens with zero attached hydrogens (tertiary/aromatic N) is 3. The summed E-state index contributed by atoms with van der Waals surface area (Å²) >= 11 is 6.64. The Morgan fingerprint density at radius 3 is 2.47 bits per heavy atom. The molecule has 1 aromatic heterocycles. The molecule has 0 radical (unpaired) electrons. The van der Waals surface area contributed by atoms with Crippen molar-refractivity contribution >= 4 is 51.9 Å². The molecule has 2 heterocycles. The Balaban J connectivity index is 1.36. The zero-order chi connectivity index (χ0) is 25.8. The number of anilines is 1. The van der Waals surface area contributed by atoms with Crippen molar-refractivity contribution in [3.63, 3.8) is 0 Å². The van der Waals surface area contributed by atoms with Crippen molar-refractivity contribution in [1.29, 1.82) is 0 Å². The molecule has 0 bridgehead atoms. The molecule has 1 fully saturated rings. The third-order valence-electron chi connectivity index (χ3n) is 5.89. The Morgan fingerprint density at radius 1 is 1.11 bits per heavy atom. The van der Waals surface area contributed by atoms with Crippen LogP contribution in [-0.4, -0.2) is 44.1 Å². The fraction of sp³-hybridized carbons (Fsp3) is 0.231. The summed E-state index contributed by atoms with van der Waals surface area (Å²) in [6.07, 6.45) is 2.35. The fourth-order valence-corrected chi connectivity index (χ4v) is 5.16. The second kappa shape index (κ2) is 11.0. The highest BCUT2D eigenvalue weighted by Crippen LogP contribution is 2.33. The highest BCUT2D eigenvalue weighted by Gasteiger charge is 2.31. The van der Waals surface area contributed by atoms with Gasteiger partial charge in [0, 0.05) is 20.0 Å². The number of carbonyl (C=O) groups excluding carboxylic acids is 2. The minimum atomic E-state index is -0.296. The van der Waals surface area contributed by atoms with Crippen LogP contribution >= 0.6 is 24.0 Å². The molecule has 1 N–H and O–H groups in total. The normalized spacial score (nSPS) is 14.5. The molecular formula is C26H26N4O4S2. The van der Waals surface area contributed by atoms with Crippen molar-refractivity contribution in [2.24, 2.45) is 7.05 Å². The molecule has 2 aromatic carbocycles. The Kier molecular flexibility index (Phi) is 7.76. The number of thioether (sulfide) groups is 1. The summed E-state index contributed by atoms with van der Waals surface area (Å²) < 4.78 is 8.85. The lowest BCUT2D eigenvalue weighted by Gasteiger charge is -2.14. The van der Waals surface area contributed by atoms with E-state index in [0.29, 0.717) is 33.6 Å². The van der Waals surface area contributed by atoms with Gasteiger partial charge < -0.3 is 10.1 Å². The number of methoxy groups -OCH3 is 1. The molecule has 0 atom stereocenters. The maximum atomic E-state index is 13.0. The average molecular weight is 523 g/mol. The maximum Gasteiger partial charge on any atom is 0.295 e. The number of nitrogens with one attached hydrogen (secondary N) is 1. The van der Waals surface area contributed by atoms with Gasteiger partial charge in [-0.05, 0) is 49.2 Å². The number of rotatable bonds is 8. The summed E-state index contributed by atoms with van der Waals surface area (Å²) in [5, 5.41) is 2.75.